The number of aliphatic hydroxyl groups excluding tert-OH is 1. The average Bonchev–Trinajstić information content (AvgIpc) is 2.48. The van der Waals surface area contributed by atoms with Crippen molar-refractivity contribution in [3.8, 4) is 11.1 Å². The van der Waals surface area contributed by atoms with Gasteiger partial charge in [-0.1, -0.05) is 18.2 Å². The molecule has 5 heteroatoms. The maximum absolute atomic E-state index is 13.9. The molecule has 3 aromatic rings. The fourth-order valence-corrected chi connectivity index (χ4v) is 2.27. The Morgan fingerprint density at radius 3 is 2.43 bits per heavy atom. The SMILES string of the molecule is O=c1c(-c2ccc(F)cc2)c(CO)oc2cccc(F)c12. The van der Waals surface area contributed by atoms with Gasteiger partial charge in [-0.25, -0.2) is 8.78 Å². The van der Waals surface area contributed by atoms with Gasteiger partial charge in [-0.05, 0) is 29.8 Å². The van der Waals surface area contributed by atoms with E-state index in [0.29, 0.717) is 5.56 Å². The Labute approximate surface area is 118 Å². The monoisotopic (exact) mass is 288 g/mol. The van der Waals surface area contributed by atoms with Crippen molar-refractivity contribution in [3.63, 3.8) is 0 Å². The van der Waals surface area contributed by atoms with Crippen LogP contribution < -0.4 is 5.43 Å². The van der Waals surface area contributed by atoms with Crippen molar-refractivity contribution >= 4 is 11.0 Å². The molecule has 0 saturated heterocycles. The third-order valence-corrected chi connectivity index (χ3v) is 3.22. The standard InChI is InChI=1S/C16H10F2O3/c17-10-6-4-9(5-7-10)14-13(8-19)21-12-3-1-2-11(18)15(12)16(14)20/h1-7,19H,8H2. The Bertz CT molecular complexity index is 867. The van der Waals surface area contributed by atoms with E-state index in [4.69, 9.17) is 4.42 Å². The van der Waals surface area contributed by atoms with E-state index in [0.717, 1.165) is 6.07 Å². The molecule has 1 N–H and O–H groups in total. The number of hydrogen-bond donors (Lipinski definition) is 1. The second-order valence-corrected chi connectivity index (χ2v) is 4.51. The van der Waals surface area contributed by atoms with Gasteiger partial charge >= 0.3 is 0 Å². The summed E-state index contributed by atoms with van der Waals surface area (Å²) in [5.74, 6) is -1.14. The molecule has 0 unspecified atom stereocenters. The van der Waals surface area contributed by atoms with E-state index in [9.17, 15) is 18.7 Å². The zero-order valence-electron chi connectivity index (χ0n) is 10.8. The summed E-state index contributed by atoms with van der Waals surface area (Å²) in [5, 5.41) is 9.20. The van der Waals surface area contributed by atoms with E-state index < -0.39 is 23.7 Å². The summed E-state index contributed by atoms with van der Waals surface area (Å²) in [6, 6.07) is 9.16. The number of aliphatic hydroxyl groups is 1. The van der Waals surface area contributed by atoms with E-state index in [-0.39, 0.29) is 22.3 Å². The minimum atomic E-state index is -0.700. The molecule has 0 radical (unpaired) electrons. The second-order valence-electron chi connectivity index (χ2n) is 4.51. The summed E-state index contributed by atoms with van der Waals surface area (Å²) in [5.41, 5.74) is -0.130. The summed E-state index contributed by atoms with van der Waals surface area (Å²) in [7, 11) is 0. The molecule has 3 nitrogen and oxygen atoms in total. The van der Waals surface area contributed by atoms with Gasteiger partial charge in [0.05, 0.1) is 5.56 Å². The molecule has 0 amide bonds. The fourth-order valence-electron chi connectivity index (χ4n) is 2.27. The quantitative estimate of drug-likeness (QED) is 0.787. The molecule has 0 fully saturated rings. The van der Waals surface area contributed by atoms with Crippen LogP contribution in [0.25, 0.3) is 22.1 Å². The van der Waals surface area contributed by atoms with Crippen LogP contribution in [-0.4, -0.2) is 5.11 Å². The fraction of sp³-hybridized carbons (Fsp3) is 0.0625. The Morgan fingerprint density at radius 1 is 1.05 bits per heavy atom. The Morgan fingerprint density at radius 2 is 1.76 bits per heavy atom. The van der Waals surface area contributed by atoms with Crippen LogP contribution in [0.1, 0.15) is 5.76 Å². The first-order valence-corrected chi connectivity index (χ1v) is 6.23. The van der Waals surface area contributed by atoms with Gasteiger partial charge < -0.3 is 9.52 Å². The highest BCUT2D eigenvalue weighted by Gasteiger charge is 2.17. The zero-order valence-corrected chi connectivity index (χ0v) is 10.8. The molecule has 0 saturated carbocycles. The van der Waals surface area contributed by atoms with Crippen molar-refractivity contribution in [1.29, 1.82) is 0 Å². The first-order valence-electron chi connectivity index (χ1n) is 6.23. The predicted molar refractivity (Wildman–Crippen MR) is 73.8 cm³/mol. The van der Waals surface area contributed by atoms with Crippen molar-refractivity contribution in [1.82, 2.24) is 0 Å². The molecule has 1 aromatic heterocycles. The van der Waals surface area contributed by atoms with Crippen molar-refractivity contribution in [2.75, 3.05) is 0 Å². The number of halogens is 2. The van der Waals surface area contributed by atoms with Crippen molar-refractivity contribution in [3.05, 3.63) is 70.1 Å². The van der Waals surface area contributed by atoms with Crippen LogP contribution in [0.2, 0.25) is 0 Å². The van der Waals surface area contributed by atoms with Gasteiger partial charge in [-0.2, -0.15) is 0 Å². The number of fused-ring (bicyclic) bond motifs is 1. The number of rotatable bonds is 2. The van der Waals surface area contributed by atoms with Crippen LogP contribution in [-0.2, 0) is 6.61 Å². The molecule has 0 spiro atoms. The topological polar surface area (TPSA) is 50.4 Å². The van der Waals surface area contributed by atoms with E-state index in [2.05, 4.69) is 0 Å². The van der Waals surface area contributed by atoms with Gasteiger partial charge in [-0.3, -0.25) is 4.79 Å². The van der Waals surface area contributed by atoms with E-state index >= 15 is 0 Å². The normalized spacial score (nSPS) is 11.0. The first kappa shape index (κ1) is 13.5. The molecule has 21 heavy (non-hydrogen) atoms. The highest BCUT2D eigenvalue weighted by molar-refractivity contribution is 5.83. The largest absolute Gasteiger partial charge is 0.458 e. The Hall–Kier alpha value is -2.53. The van der Waals surface area contributed by atoms with Gasteiger partial charge in [0.25, 0.3) is 0 Å². The van der Waals surface area contributed by atoms with E-state index in [1.165, 1.54) is 36.4 Å². The predicted octanol–water partition coefficient (Wildman–Crippen LogP) is 3.23. The molecule has 0 aliphatic rings. The lowest BCUT2D eigenvalue weighted by Crippen LogP contribution is -2.10. The third kappa shape index (κ3) is 2.21. The van der Waals surface area contributed by atoms with Crippen LogP contribution in [0.4, 0.5) is 8.78 Å². The molecule has 0 aliphatic heterocycles. The molecule has 1 heterocycles. The molecule has 0 bridgehead atoms. The molecular formula is C16H10F2O3. The lowest BCUT2D eigenvalue weighted by Gasteiger charge is -2.08. The van der Waals surface area contributed by atoms with Gasteiger partial charge in [0.1, 0.15) is 35.0 Å². The highest BCUT2D eigenvalue weighted by atomic mass is 19.1. The minimum absolute atomic E-state index is 0.0182. The lowest BCUT2D eigenvalue weighted by molar-refractivity contribution is 0.249. The molecule has 3 rings (SSSR count). The van der Waals surface area contributed by atoms with Gasteiger partial charge in [0, 0.05) is 0 Å². The van der Waals surface area contributed by atoms with E-state index in [1.54, 1.807) is 0 Å². The van der Waals surface area contributed by atoms with Crippen LogP contribution >= 0.6 is 0 Å². The summed E-state index contributed by atoms with van der Waals surface area (Å²) in [4.78, 5) is 12.5. The van der Waals surface area contributed by atoms with Gasteiger partial charge in [0.2, 0.25) is 5.43 Å². The molecule has 0 aliphatic carbocycles. The summed E-state index contributed by atoms with van der Waals surface area (Å²) in [6.45, 7) is -0.519. The first-order chi connectivity index (χ1) is 10.1. The summed E-state index contributed by atoms with van der Waals surface area (Å²) >= 11 is 0. The molecular weight excluding hydrogens is 278 g/mol. The summed E-state index contributed by atoms with van der Waals surface area (Å²) in [6.07, 6.45) is 0. The van der Waals surface area contributed by atoms with Crippen LogP contribution in [0.3, 0.4) is 0 Å². The number of benzene rings is 2. The smallest absolute Gasteiger partial charge is 0.203 e. The van der Waals surface area contributed by atoms with Crippen molar-refractivity contribution < 1.29 is 18.3 Å². The molecule has 2 aromatic carbocycles. The molecule has 106 valence electrons. The van der Waals surface area contributed by atoms with E-state index in [1.807, 2.05) is 0 Å². The van der Waals surface area contributed by atoms with Crippen LogP contribution in [0.5, 0.6) is 0 Å². The van der Waals surface area contributed by atoms with Crippen molar-refractivity contribution in [2.24, 2.45) is 0 Å². The highest BCUT2D eigenvalue weighted by Crippen LogP contribution is 2.26. The summed E-state index contributed by atoms with van der Waals surface area (Å²) < 4.78 is 32.3. The number of hydrogen-bond acceptors (Lipinski definition) is 3. The molecule has 0 atom stereocenters. The van der Waals surface area contributed by atoms with Crippen molar-refractivity contribution in [2.45, 2.75) is 6.61 Å². The lowest BCUT2D eigenvalue weighted by atomic mass is 10.0. The third-order valence-electron chi connectivity index (χ3n) is 3.22. The Balaban J connectivity index is 2.41. The van der Waals surface area contributed by atoms with Gasteiger partial charge in [0.15, 0.2) is 0 Å². The van der Waals surface area contributed by atoms with Crippen LogP contribution in [0, 0.1) is 11.6 Å². The maximum Gasteiger partial charge on any atom is 0.203 e. The minimum Gasteiger partial charge on any atom is -0.458 e. The second kappa shape index (κ2) is 5.10. The van der Waals surface area contributed by atoms with Crippen LogP contribution in [0.15, 0.2) is 51.7 Å². The average molecular weight is 288 g/mol. The van der Waals surface area contributed by atoms with Gasteiger partial charge in [-0.15, -0.1) is 0 Å². The Kier molecular flexibility index (Phi) is 3.27. The maximum atomic E-state index is 13.9. The zero-order chi connectivity index (χ0) is 15.0.